The van der Waals surface area contributed by atoms with Crippen molar-refractivity contribution in [3.63, 3.8) is 0 Å². The molecule has 0 bridgehead atoms. The van der Waals surface area contributed by atoms with Crippen molar-refractivity contribution in [3.05, 3.63) is 107 Å². The van der Waals surface area contributed by atoms with Crippen molar-refractivity contribution in [3.8, 4) is 0 Å². The third kappa shape index (κ3) is 5.40. The predicted octanol–water partition coefficient (Wildman–Crippen LogP) is 4.59. The van der Waals surface area contributed by atoms with Crippen molar-refractivity contribution in [2.75, 3.05) is 6.16 Å². The summed E-state index contributed by atoms with van der Waals surface area (Å²) in [5.41, 5.74) is 5.84. The quantitative estimate of drug-likeness (QED) is 0.602. The van der Waals surface area contributed by atoms with Gasteiger partial charge in [0, 0.05) is 0 Å². The monoisotopic (exact) mass is 366 g/mol. The molecule has 0 aliphatic carbocycles. The summed E-state index contributed by atoms with van der Waals surface area (Å²) in [5.74, 6) is 0. The molecule has 0 unspecified atom stereocenters. The van der Waals surface area contributed by atoms with E-state index in [0.29, 0.717) is 6.42 Å². The highest BCUT2D eigenvalue weighted by Crippen LogP contribution is 2.35. The van der Waals surface area contributed by atoms with Gasteiger partial charge in [-0.15, -0.1) is 0 Å². The third-order valence-corrected chi connectivity index (χ3v) is 5.31. The highest BCUT2D eigenvalue weighted by atomic mass is 31.2. The minimum Gasteiger partial charge on any atom is -0.324 e. The van der Waals surface area contributed by atoms with E-state index in [9.17, 15) is 14.4 Å². The smallest absolute Gasteiger partial charge is 0.324 e. The molecular weight excluding hydrogens is 343 g/mol. The van der Waals surface area contributed by atoms with E-state index in [1.165, 1.54) is 22.3 Å². The summed E-state index contributed by atoms with van der Waals surface area (Å²) in [4.78, 5) is 18.6. The summed E-state index contributed by atoms with van der Waals surface area (Å²) in [5, 5.41) is 0. The molecule has 4 heteroatoms. The topological polar surface area (TPSA) is 57.5 Å². The molecule has 0 aliphatic rings. The van der Waals surface area contributed by atoms with Crippen LogP contribution >= 0.6 is 7.60 Å². The fourth-order valence-corrected chi connectivity index (χ4v) is 3.73. The molecule has 0 aromatic heterocycles. The fourth-order valence-electron chi connectivity index (χ4n) is 3.20. The molecule has 0 aliphatic heterocycles. The lowest BCUT2D eigenvalue weighted by Crippen LogP contribution is -2.05. The number of rotatable bonds is 7. The Balaban J connectivity index is 1.95. The largest absolute Gasteiger partial charge is 0.325 e. The molecular formula is C22H23O3P. The predicted molar refractivity (Wildman–Crippen MR) is 106 cm³/mol. The van der Waals surface area contributed by atoms with E-state index in [1.54, 1.807) is 0 Å². The summed E-state index contributed by atoms with van der Waals surface area (Å²) in [7, 11) is -4.02. The molecule has 3 aromatic rings. The van der Waals surface area contributed by atoms with Crippen molar-refractivity contribution in [1.82, 2.24) is 0 Å². The van der Waals surface area contributed by atoms with Crippen molar-refractivity contribution < 1.29 is 14.4 Å². The van der Waals surface area contributed by atoms with Gasteiger partial charge in [0.15, 0.2) is 0 Å². The van der Waals surface area contributed by atoms with E-state index in [4.69, 9.17) is 0 Å². The number of hydrogen-bond acceptors (Lipinski definition) is 1. The third-order valence-electron chi connectivity index (χ3n) is 4.50. The van der Waals surface area contributed by atoms with E-state index >= 15 is 0 Å². The Labute approximate surface area is 154 Å². The Morgan fingerprint density at radius 2 is 1.19 bits per heavy atom. The maximum Gasteiger partial charge on any atom is 0.325 e. The first-order valence-electron chi connectivity index (χ1n) is 8.73. The summed E-state index contributed by atoms with van der Waals surface area (Å²) >= 11 is 0. The van der Waals surface area contributed by atoms with Crippen LogP contribution < -0.4 is 0 Å². The van der Waals surface area contributed by atoms with Crippen LogP contribution in [0.15, 0.2) is 78.9 Å². The summed E-state index contributed by atoms with van der Waals surface area (Å²) in [6.45, 7) is 0. The van der Waals surface area contributed by atoms with E-state index < -0.39 is 7.60 Å². The van der Waals surface area contributed by atoms with Crippen LogP contribution in [-0.4, -0.2) is 15.9 Å². The molecule has 0 radical (unpaired) electrons. The van der Waals surface area contributed by atoms with Crippen molar-refractivity contribution in [2.45, 2.75) is 19.3 Å². The molecule has 2 N–H and O–H groups in total. The van der Waals surface area contributed by atoms with Gasteiger partial charge in [-0.1, -0.05) is 78.9 Å². The van der Waals surface area contributed by atoms with Gasteiger partial charge in [0.05, 0.1) is 6.16 Å². The van der Waals surface area contributed by atoms with Crippen molar-refractivity contribution in [1.29, 1.82) is 0 Å². The van der Waals surface area contributed by atoms with Gasteiger partial charge in [-0.3, -0.25) is 4.57 Å². The standard InChI is InChI=1S/C22H23O3P/c23-26(24,25)15-14-20-12-7-13-21(16-18-8-3-1-4-9-18)22(20)17-19-10-5-2-6-11-19/h1-13H,14-17H2,(H2,23,24,25). The van der Waals surface area contributed by atoms with Gasteiger partial charge in [-0.2, -0.15) is 0 Å². The van der Waals surface area contributed by atoms with Crippen LogP contribution in [0, 0.1) is 0 Å². The Bertz CT molecular complexity index is 886. The average molecular weight is 366 g/mol. The second kappa shape index (κ2) is 8.46. The van der Waals surface area contributed by atoms with E-state index in [0.717, 1.165) is 18.4 Å². The van der Waals surface area contributed by atoms with Crippen LogP contribution in [0.5, 0.6) is 0 Å². The number of benzene rings is 3. The maximum absolute atomic E-state index is 11.3. The van der Waals surface area contributed by atoms with Crippen LogP contribution in [0.4, 0.5) is 0 Å². The minimum atomic E-state index is -4.02. The molecule has 0 saturated heterocycles. The fraction of sp³-hybridized carbons (Fsp3) is 0.182. The summed E-state index contributed by atoms with van der Waals surface area (Å²) in [6.07, 6.45) is 1.84. The molecule has 0 fully saturated rings. The van der Waals surface area contributed by atoms with Crippen LogP contribution in [0.2, 0.25) is 0 Å². The highest BCUT2D eigenvalue weighted by molar-refractivity contribution is 7.51. The van der Waals surface area contributed by atoms with Crippen LogP contribution in [-0.2, 0) is 23.8 Å². The van der Waals surface area contributed by atoms with Crippen LogP contribution in [0.1, 0.15) is 27.8 Å². The second-order valence-electron chi connectivity index (χ2n) is 6.52. The first-order chi connectivity index (χ1) is 12.5. The maximum atomic E-state index is 11.3. The average Bonchev–Trinajstić information content (AvgIpc) is 2.63. The zero-order valence-electron chi connectivity index (χ0n) is 14.6. The minimum absolute atomic E-state index is 0.121. The first-order valence-corrected chi connectivity index (χ1v) is 10.5. The summed E-state index contributed by atoms with van der Waals surface area (Å²) in [6, 6.07) is 26.6. The zero-order chi connectivity index (χ0) is 18.4. The van der Waals surface area contributed by atoms with E-state index in [-0.39, 0.29) is 6.16 Å². The Hall–Kier alpha value is -2.19. The highest BCUT2D eigenvalue weighted by Gasteiger charge is 2.16. The molecule has 3 aromatic carbocycles. The molecule has 0 amide bonds. The van der Waals surface area contributed by atoms with Gasteiger partial charge in [-0.05, 0) is 47.1 Å². The molecule has 0 saturated carbocycles. The van der Waals surface area contributed by atoms with Gasteiger partial charge in [0.1, 0.15) is 0 Å². The lowest BCUT2D eigenvalue weighted by atomic mass is 9.90. The SMILES string of the molecule is O=P(O)(O)CCc1cccc(Cc2ccccc2)c1Cc1ccccc1. The van der Waals surface area contributed by atoms with Gasteiger partial charge in [0.25, 0.3) is 0 Å². The Morgan fingerprint density at radius 1 is 0.654 bits per heavy atom. The van der Waals surface area contributed by atoms with E-state index in [2.05, 4.69) is 30.3 Å². The summed E-state index contributed by atoms with van der Waals surface area (Å²) < 4.78 is 11.3. The van der Waals surface area contributed by atoms with Gasteiger partial charge in [-0.25, -0.2) is 0 Å². The Kier molecular flexibility index (Phi) is 6.05. The second-order valence-corrected chi connectivity index (χ2v) is 8.29. The van der Waals surface area contributed by atoms with Crippen molar-refractivity contribution in [2.24, 2.45) is 0 Å². The van der Waals surface area contributed by atoms with Gasteiger partial charge < -0.3 is 9.79 Å². The normalized spacial score (nSPS) is 11.5. The van der Waals surface area contributed by atoms with E-state index in [1.807, 2.05) is 48.5 Å². The van der Waals surface area contributed by atoms with Crippen LogP contribution in [0.25, 0.3) is 0 Å². The molecule has 0 heterocycles. The Morgan fingerprint density at radius 3 is 1.77 bits per heavy atom. The molecule has 26 heavy (non-hydrogen) atoms. The molecule has 0 spiro atoms. The molecule has 134 valence electrons. The first kappa shape index (κ1) is 18.6. The zero-order valence-corrected chi connectivity index (χ0v) is 15.5. The lowest BCUT2D eigenvalue weighted by molar-refractivity contribution is 0.373. The number of hydrogen-bond donors (Lipinski definition) is 2. The number of aryl methyl sites for hydroxylation is 1. The van der Waals surface area contributed by atoms with Crippen molar-refractivity contribution >= 4 is 7.60 Å². The van der Waals surface area contributed by atoms with Crippen LogP contribution in [0.3, 0.4) is 0 Å². The molecule has 0 atom stereocenters. The molecule has 3 rings (SSSR count). The van der Waals surface area contributed by atoms with Gasteiger partial charge in [0.2, 0.25) is 0 Å². The molecule has 3 nitrogen and oxygen atoms in total. The van der Waals surface area contributed by atoms with Gasteiger partial charge >= 0.3 is 7.60 Å². The lowest BCUT2D eigenvalue weighted by Gasteiger charge is -2.16.